The standard InChI is InChI=1S/C39H47N4O8Si/c1-25(2)21-39(52)38(49)43(22-29-14-9-10-18-50-29)23-33(44)40-28(19-26-11-5-4-6-12-26)24-51-32-17-16-27-13-7-8-15-30(27)35(32)36(46)41-31(37(47)48)20-34(45)42(39)3/h4-8,11-13,15-17,25,28-29,31H,9-10,14,18-24H2,1-3H3,(H,40,44)(H,41,46)(H,47,48)/t28-,29-,31+,39+/m1/s1. The van der Waals surface area contributed by atoms with Gasteiger partial charge >= 0.3 is 5.97 Å². The van der Waals surface area contributed by atoms with Crippen molar-refractivity contribution in [2.75, 3.05) is 33.4 Å². The molecule has 3 radical (unpaired) electrons. The van der Waals surface area contributed by atoms with Crippen LogP contribution in [-0.2, 0) is 30.3 Å². The molecule has 0 saturated carbocycles. The molecule has 52 heavy (non-hydrogen) atoms. The molecule has 2 heterocycles. The SMILES string of the molecule is CC(C)C[C@]1([Si])C(=O)N(C[C@H]2CCCCO2)CC(=O)N[C@H](Cc2ccccc2)COc2ccc3ccccc3c2C(=O)N[C@H](C(=O)O)CC(=O)N1C. The highest BCUT2D eigenvalue weighted by Gasteiger charge is 2.45. The topological polar surface area (TPSA) is 155 Å². The molecule has 3 N–H and O–H groups in total. The molecule has 0 aliphatic carbocycles. The zero-order valence-electron chi connectivity index (χ0n) is 29.9. The summed E-state index contributed by atoms with van der Waals surface area (Å²) >= 11 is 0. The summed E-state index contributed by atoms with van der Waals surface area (Å²) < 4.78 is 12.3. The molecule has 12 nitrogen and oxygen atoms in total. The van der Waals surface area contributed by atoms with Crippen LogP contribution in [0.1, 0.15) is 61.9 Å². The average molecular weight is 728 g/mol. The molecule has 4 amide bonds. The van der Waals surface area contributed by atoms with Crippen LogP contribution < -0.4 is 15.4 Å². The van der Waals surface area contributed by atoms with Crippen molar-refractivity contribution in [1.82, 2.24) is 20.4 Å². The predicted octanol–water partition coefficient (Wildman–Crippen LogP) is 3.30. The van der Waals surface area contributed by atoms with Crippen molar-refractivity contribution < 1.29 is 38.6 Å². The molecule has 0 bridgehead atoms. The van der Waals surface area contributed by atoms with Gasteiger partial charge < -0.3 is 35.0 Å². The minimum Gasteiger partial charge on any atom is -0.491 e. The summed E-state index contributed by atoms with van der Waals surface area (Å²) in [6.07, 6.45) is 2.12. The Morgan fingerprint density at radius 3 is 2.42 bits per heavy atom. The first-order valence-corrected chi connectivity index (χ1v) is 18.3. The monoisotopic (exact) mass is 727 g/mol. The summed E-state index contributed by atoms with van der Waals surface area (Å²) in [5.41, 5.74) is 1.03. The first-order chi connectivity index (χ1) is 24.9. The van der Waals surface area contributed by atoms with Gasteiger partial charge in [-0.05, 0) is 60.4 Å². The van der Waals surface area contributed by atoms with Crippen molar-refractivity contribution in [2.24, 2.45) is 5.92 Å². The molecule has 3 aromatic rings. The molecule has 2 aliphatic heterocycles. The maximum atomic E-state index is 14.7. The van der Waals surface area contributed by atoms with Crippen LogP contribution in [0.4, 0.5) is 0 Å². The van der Waals surface area contributed by atoms with Crippen LogP contribution in [0.3, 0.4) is 0 Å². The lowest BCUT2D eigenvalue weighted by Crippen LogP contribution is -2.64. The van der Waals surface area contributed by atoms with E-state index in [4.69, 9.17) is 9.47 Å². The van der Waals surface area contributed by atoms with Gasteiger partial charge in [0.1, 0.15) is 23.6 Å². The highest BCUT2D eigenvalue weighted by molar-refractivity contribution is 6.29. The number of amides is 4. The molecule has 2 aliphatic rings. The third-order valence-electron chi connectivity index (χ3n) is 9.55. The number of nitrogens with one attached hydrogen (secondary N) is 2. The summed E-state index contributed by atoms with van der Waals surface area (Å²) in [6, 6.07) is 17.9. The average Bonchev–Trinajstić information content (AvgIpc) is 3.12. The molecular formula is C39H47N4O8Si. The first-order valence-electron chi connectivity index (χ1n) is 17.8. The van der Waals surface area contributed by atoms with Gasteiger partial charge in [0.15, 0.2) is 0 Å². The van der Waals surface area contributed by atoms with Crippen LogP contribution in [0.2, 0.25) is 0 Å². The van der Waals surface area contributed by atoms with Crippen molar-refractivity contribution in [1.29, 1.82) is 0 Å². The van der Waals surface area contributed by atoms with E-state index in [2.05, 4.69) is 20.9 Å². The molecule has 5 rings (SSSR count). The minimum absolute atomic E-state index is 0.0437. The van der Waals surface area contributed by atoms with E-state index in [1.54, 1.807) is 24.3 Å². The van der Waals surface area contributed by atoms with Gasteiger partial charge in [0, 0.05) is 20.2 Å². The summed E-state index contributed by atoms with van der Waals surface area (Å²) in [5, 5.41) is 15.5. The molecule has 0 aromatic heterocycles. The summed E-state index contributed by atoms with van der Waals surface area (Å²) in [5.74, 6) is -3.75. The Labute approximate surface area is 307 Å². The zero-order valence-corrected chi connectivity index (χ0v) is 30.9. The number of hydrogen-bond acceptors (Lipinski definition) is 7. The van der Waals surface area contributed by atoms with Gasteiger partial charge in [0.2, 0.25) is 17.7 Å². The largest absolute Gasteiger partial charge is 0.491 e. The van der Waals surface area contributed by atoms with Gasteiger partial charge in [0.25, 0.3) is 5.91 Å². The fourth-order valence-electron chi connectivity index (χ4n) is 6.88. The molecular weight excluding hydrogens is 681 g/mol. The van der Waals surface area contributed by atoms with Gasteiger partial charge in [-0.15, -0.1) is 0 Å². The number of aliphatic carboxylic acids is 1. The highest BCUT2D eigenvalue weighted by Crippen LogP contribution is 2.30. The second kappa shape index (κ2) is 17.2. The quantitative estimate of drug-likeness (QED) is 0.314. The van der Waals surface area contributed by atoms with E-state index in [-0.39, 0.29) is 49.5 Å². The number of carboxylic acids is 1. The number of likely N-dealkylation sites (N-methyl/N-ethyl adjacent to an activating group) is 1. The number of ether oxygens (including phenoxy) is 2. The molecule has 4 atom stereocenters. The maximum absolute atomic E-state index is 14.7. The van der Waals surface area contributed by atoms with Gasteiger partial charge in [-0.25, -0.2) is 4.79 Å². The van der Waals surface area contributed by atoms with Crippen molar-refractivity contribution in [2.45, 2.75) is 75.7 Å². The molecule has 0 spiro atoms. The Morgan fingerprint density at radius 1 is 1.00 bits per heavy atom. The van der Waals surface area contributed by atoms with Crippen molar-refractivity contribution >= 4 is 50.6 Å². The number of hydrogen-bond donors (Lipinski definition) is 3. The van der Waals surface area contributed by atoms with Gasteiger partial charge in [-0.3, -0.25) is 19.2 Å². The second-order valence-electron chi connectivity index (χ2n) is 14.1. The van der Waals surface area contributed by atoms with Crippen LogP contribution in [-0.4, -0.2) is 111 Å². The van der Waals surface area contributed by atoms with E-state index in [1.807, 2.05) is 56.3 Å². The fraction of sp³-hybridized carbons (Fsp3) is 0.462. The maximum Gasteiger partial charge on any atom is 0.326 e. The molecule has 275 valence electrons. The molecule has 1 fully saturated rings. The molecule has 13 heteroatoms. The number of carbonyl (C=O) groups excluding carboxylic acids is 4. The Morgan fingerprint density at radius 2 is 1.73 bits per heavy atom. The Kier molecular flexibility index (Phi) is 12.7. The third-order valence-corrected chi connectivity index (χ3v) is 10.3. The Bertz CT molecular complexity index is 1770. The van der Waals surface area contributed by atoms with Crippen LogP contribution in [0.5, 0.6) is 5.75 Å². The molecule has 0 unspecified atom stereocenters. The van der Waals surface area contributed by atoms with Crippen LogP contribution in [0.15, 0.2) is 66.7 Å². The smallest absolute Gasteiger partial charge is 0.326 e. The number of nitrogens with zero attached hydrogens (tertiary/aromatic N) is 2. The van der Waals surface area contributed by atoms with Gasteiger partial charge in [-0.2, -0.15) is 0 Å². The highest BCUT2D eigenvalue weighted by atomic mass is 28.1. The molecule has 3 aromatic carbocycles. The number of fused-ring (bicyclic) bond motifs is 3. The third kappa shape index (κ3) is 9.37. The van der Waals surface area contributed by atoms with Crippen molar-refractivity contribution in [3.63, 3.8) is 0 Å². The van der Waals surface area contributed by atoms with E-state index in [0.717, 1.165) is 23.8 Å². The normalized spacial score (nSPS) is 24.1. The van der Waals surface area contributed by atoms with Crippen LogP contribution >= 0.6 is 0 Å². The Hall–Kier alpha value is -4.75. The number of rotatable bonds is 7. The van der Waals surface area contributed by atoms with Gasteiger partial charge in [-0.1, -0.05) is 74.5 Å². The van der Waals surface area contributed by atoms with E-state index in [9.17, 15) is 29.1 Å². The van der Waals surface area contributed by atoms with Gasteiger partial charge in [0.05, 0.1) is 40.9 Å². The summed E-state index contributed by atoms with van der Waals surface area (Å²) in [4.78, 5) is 71.8. The lowest BCUT2D eigenvalue weighted by molar-refractivity contribution is -0.152. The minimum atomic E-state index is -1.64. The first kappa shape index (κ1) is 38.5. The lowest BCUT2D eigenvalue weighted by atomic mass is 9.98. The van der Waals surface area contributed by atoms with Crippen molar-refractivity contribution in [3.05, 3.63) is 77.9 Å². The van der Waals surface area contributed by atoms with Crippen LogP contribution in [0, 0.1) is 5.92 Å². The summed E-state index contributed by atoms with van der Waals surface area (Å²) in [6.45, 7) is 4.08. The van der Waals surface area contributed by atoms with Crippen molar-refractivity contribution in [3.8, 4) is 5.75 Å². The number of benzene rings is 3. The zero-order chi connectivity index (χ0) is 37.4. The van der Waals surface area contributed by atoms with E-state index >= 15 is 0 Å². The summed E-state index contributed by atoms with van der Waals surface area (Å²) in [7, 11) is 5.11. The van der Waals surface area contributed by atoms with E-state index < -0.39 is 53.3 Å². The molecule has 1 saturated heterocycles. The van der Waals surface area contributed by atoms with E-state index in [1.165, 1.54) is 16.8 Å². The fourth-order valence-corrected chi connectivity index (χ4v) is 7.58. The number of carbonyl (C=O) groups is 5. The predicted molar refractivity (Wildman–Crippen MR) is 196 cm³/mol. The number of carboxylic acid groups (broad SMARTS) is 1. The van der Waals surface area contributed by atoms with E-state index in [0.29, 0.717) is 24.8 Å². The second-order valence-corrected chi connectivity index (χ2v) is 14.9. The van der Waals surface area contributed by atoms with Crippen LogP contribution in [0.25, 0.3) is 10.8 Å². The Balaban J connectivity index is 1.59. The lowest BCUT2D eigenvalue weighted by Gasteiger charge is -2.43.